The van der Waals surface area contributed by atoms with Gasteiger partial charge in [-0.05, 0) is 25.0 Å². The van der Waals surface area contributed by atoms with E-state index in [1.54, 1.807) is 24.0 Å². The second kappa shape index (κ2) is 6.68. The number of halogens is 2. The summed E-state index contributed by atoms with van der Waals surface area (Å²) in [6.07, 6.45) is 4.03. The molecule has 1 aromatic heterocycles. The zero-order valence-electron chi connectivity index (χ0n) is 13.3. The van der Waals surface area contributed by atoms with Gasteiger partial charge in [0.2, 0.25) is 0 Å². The van der Waals surface area contributed by atoms with Gasteiger partial charge in [0, 0.05) is 44.5 Å². The number of benzene rings is 1. The van der Waals surface area contributed by atoms with E-state index in [2.05, 4.69) is 4.98 Å². The fraction of sp³-hybridized carbons (Fsp3) is 0.412. The van der Waals surface area contributed by atoms with Crippen LogP contribution in [0.4, 0.5) is 8.78 Å². The molecule has 24 heavy (non-hydrogen) atoms. The summed E-state index contributed by atoms with van der Waals surface area (Å²) < 4.78 is 28.6. The molecule has 0 saturated carbocycles. The molecule has 5 nitrogen and oxygen atoms in total. The van der Waals surface area contributed by atoms with Gasteiger partial charge in [-0.3, -0.25) is 4.79 Å². The van der Waals surface area contributed by atoms with Crippen molar-refractivity contribution in [3.8, 4) is 0 Å². The van der Waals surface area contributed by atoms with Crippen LogP contribution in [-0.2, 0) is 7.05 Å². The van der Waals surface area contributed by atoms with E-state index in [0.717, 1.165) is 18.6 Å². The highest BCUT2D eigenvalue weighted by atomic mass is 19.1. The summed E-state index contributed by atoms with van der Waals surface area (Å²) in [7, 11) is 1.80. The molecule has 0 radical (unpaired) electrons. The number of aliphatic hydroxyl groups excluding tert-OH is 1. The van der Waals surface area contributed by atoms with Crippen LogP contribution in [0.1, 0.15) is 35.1 Å². The number of nitrogens with zero attached hydrogens (tertiary/aromatic N) is 3. The molecule has 3 rings (SSSR count). The maximum absolute atomic E-state index is 13.8. The van der Waals surface area contributed by atoms with Crippen molar-refractivity contribution in [2.45, 2.75) is 18.9 Å². The molecule has 1 N–H and O–H groups in total. The average molecular weight is 335 g/mol. The lowest BCUT2D eigenvalue weighted by Gasteiger charge is -2.35. The molecule has 128 valence electrons. The molecule has 1 fully saturated rings. The monoisotopic (exact) mass is 335 g/mol. The number of hydrogen-bond donors (Lipinski definition) is 1. The largest absolute Gasteiger partial charge is 0.385 e. The van der Waals surface area contributed by atoms with Crippen LogP contribution in [0.5, 0.6) is 0 Å². The Morgan fingerprint density at radius 2 is 2.21 bits per heavy atom. The first-order chi connectivity index (χ1) is 11.5. The highest BCUT2D eigenvalue weighted by Crippen LogP contribution is 2.29. The zero-order valence-corrected chi connectivity index (χ0v) is 13.3. The maximum Gasteiger partial charge on any atom is 0.256 e. The predicted octanol–water partition coefficient (Wildman–Crippen LogP) is 2.28. The summed E-state index contributed by atoms with van der Waals surface area (Å²) in [5, 5.41) is 10.5. The van der Waals surface area contributed by atoms with Gasteiger partial charge in [0.25, 0.3) is 5.91 Å². The van der Waals surface area contributed by atoms with E-state index in [1.165, 1.54) is 4.90 Å². The van der Waals surface area contributed by atoms with Crippen molar-refractivity contribution in [2.24, 2.45) is 13.0 Å². The molecule has 2 heterocycles. The minimum absolute atomic E-state index is 0.150. The summed E-state index contributed by atoms with van der Waals surface area (Å²) in [5.41, 5.74) is -0.150. The maximum atomic E-state index is 13.8. The molecule has 1 aliphatic heterocycles. The first-order valence-corrected chi connectivity index (χ1v) is 7.87. The molecule has 7 heteroatoms. The van der Waals surface area contributed by atoms with Gasteiger partial charge in [-0.25, -0.2) is 13.8 Å². The van der Waals surface area contributed by atoms with Gasteiger partial charge in [0.05, 0.1) is 5.56 Å². The third-order valence-electron chi connectivity index (χ3n) is 4.48. The van der Waals surface area contributed by atoms with Crippen LogP contribution in [0.2, 0.25) is 0 Å². The number of piperidine rings is 1. The molecule has 1 saturated heterocycles. The SMILES string of the molecule is Cn1ccnc1C(O)C1CCCN(C(=O)c2ccc(F)cc2F)C1. The van der Waals surface area contributed by atoms with Crippen LogP contribution in [0, 0.1) is 17.6 Å². The predicted molar refractivity (Wildman–Crippen MR) is 83.2 cm³/mol. The van der Waals surface area contributed by atoms with Gasteiger partial charge in [0.15, 0.2) is 0 Å². The lowest BCUT2D eigenvalue weighted by molar-refractivity contribution is 0.0356. The number of aryl methyl sites for hydroxylation is 1. The van der Waals surface area contributed by atoms with Crippen LogP contribution in [-0.4, -0.2) is 38.6 Å². The highest BCUT2D eigenvalue weighted by molar-refractivity contribution is 5.94. The number of hydrogen-bond acceptors (Lipinski definition) is 3. The standard InChI is InChI=1S/C17H19F2N3O2/c1-21-8-6-20-16(21)15(23)11-3-2-7-22(10-11)17(24)13-5-4-12(18)9-14(13)19/h4-6,8-9,11,15,23H,2-3,7,10H2,1H3. The molecule has 2 aromatic rings. The van der Waals surface area contributed by atoms with E-state index in [9.17, 15) is 18.7 Å². The molecule has 0 bridgehead atoms. The Morgan fingerprint density at radius 3 is 2.88 bits per heavy atom. The number of carbonyl (C=O) groups is 1. The van der Waals surface area contributed by atoms with Crippen molar-refractivity contribution < 1.29 is 18.7 Å². The van der Waals surface area contributed by atoms with Crippen LogP contribution in [0.15, 0.2) is 30.6 Å². The van der Waals surface area contributed by atoms with Crippen LogP contribution >= 0.6 is 0 Å². The fourth-order valence-corrected chi connectivity index (χ4v) is 3.16. The Morgan fingerprint density at radius 1 is 1.42 bits per heavy atom. The number of carbonyl (C=O) groups excluding carboxylic acids is 1. The van der Waals surface area contributed by atoms with E-state index >= 15 is 0 Å². The topological polar surface area (TPSA) is 58.4 Å². The van der Waals surface area contributed by atoms with Gasteiger partial charge in [-0.1, -0.05) is 0 Å². The van der Waals surface area contributed by atoms with Crippen LogP contribution in [0.25, 0.3) is 0 Å². The first kappa shape index (κ1) is 16.6. The second-order valence-electron chi connectivity index (χ2n) is 6.12. The van der Waals surface area contributed by atoms with Crippen molar-refractivity contribution in [2.75, 3.05) is 13.1 Å². The number of rotatable bonds is 3. The molecular formula is C17H19F2N3O2. The van der Waals surface area contributed by atoms with E-state index in [-0.39, 0.29) is 11.5 Å². The Kier molecular flexibility index (Phi) is 4.62. The first-order valence-electron chi connectivity index (χ1n) is 7.87. The Labute approximate surface area is 138 Å². The molecule has 0 spiro atoms. The Bertz CT molecular complexity index is 747. The van der Waals surface area contributed by atoms with Gasteiger partial charge in [-0.2, -0.15) is 0 Å². The van der Waals surface area contributed by atoms with Crippen molar-refractivity contribution in [3.05, 3.63) is 53.6 Å². The number of aliphatic hydroxyl groups is 1. The lowest BCUT2D eigenvalue weighted by atomic mass is 9.91. The zero-order chi connectivity index (χ0) is 17.3. The molecule has 0 aliphatic carbocycles. The van der Waals surface area contributed by atoms with Crippen molar-refractivity contribution in [3.63, 3.8) is 0 Å². The third kappa shape index (κ3) is 3.17. The summed E-state index contributed by atoms with van der Waals surface area (Å²) in [4.78, 5) is 18.2. The molecule has 1 amide bonds. The Balaban J connectivity index is 1.75. The van der Waals surface area contributed by atoms with E-state index in [4.69, 9.17) is 0 Å². The van der Waals surface area contributed by atoms with Gasteiger partial charge in [-0.15, -0.1) is 0 Å². The highest BCUT2D eigenvalue weighted by Gasteiger charge is 2.32. The minimum Gasteiger partial charge on any atom is -0.385 e. The molecular weight excluding hydrogens is 316 g/mol. The molecule has 1 aromatic carbocycles. The van der Waals surface area contributed by atoms with Crippen LogP contribution < -0.4 is 0 Å². The number of imidazole rings is 1. The smallest absolute Gasteiger partial charge is 0.256 e. The van der Waals surface area contributed by atoms with Crippen LogP contribution in [0.3, 0.4) is 0 Å². The second-order valence-corrected chi connectivity index (χ2v) is 6.12. The normalized spacial score (nSPS) is 19.3. The molecule has 2 atom stereocenters. The van der Waals surface area contributed by atoms with Gasteiger partial charge < -0.3 is 14.6 Å². The minimum atomic E-state index is -0.869. The van der Waals surface area contributed by atoms with Gasteiger partial charge >= 0.3 is 0 Å². The summed E-state index contributed by atoms with van der Waals surface area (Å²) >= 11 is 0. The molecule has 1 aliphatic rings. The van der Waals surface area contributed by atoms with Crippen molar-refractivity contribution in [1.82, 2.24) is 14.5 Å². The molecule has 2 unspecified atom stereocenters. The summed E-state index contributed by atoms with van der Waals surface area (Å²) in [6, 6.07) is 2.93. The lowest BCUT2D eigenvalue weighted by Crippen LogP contribution is -2.42. The quantitative estimate of drug-likeness (QED) is 0.936. The van der Waals surface area contributed by atoms with Gasteiger partial charge in [0.1, 0.15) is 23.6 Å². The number of amides is 1. The fourth-order valence-electron chi connectivity index (χ4n) is 3.16. The average Bonchev–Trinajstić information content (AvgIpc) is 3.00. The summed E-state index contributed by atoms with van der Waals surface area (Å²) in [6.45, 7) is 0.795. The summed E-state index contributed by atoms with van der Waals surface area (Å²) in [5.74, 6) is -1.70. The number of aromatic nitrogens is 2. The Hall–Kier alpha value is -2.28. The van der Waals surface area contributed by atoms with E-state index < -0.39 is 23.6 Å². The van der Waals surface area contributed by atoms with Crippen molar-refractivity contribution >= 4 is 5.91 Å². The van der Waals surface area contributed by atoms with E-state index in [0.29, 0.717) is 31.4 Å². The third-order valence-corrected chi connectivity index (χ3v) is 4.48. The van der Waals surface area contributed by atoms with Crippen molar-refractivity contribution in [1.29, 1.82) is 0 Å². The van der Waals surface area contributed by atoms with E-state index in [1.807, 2.05) is 0 Å². The number of likely N-dealkylation sites (tertiary alicyclic amines) is 1.